The van der Waals surface area contributed by atoms with Crippen molar-refractivity contribution in [2.45, 2.75) is 32.9 Å². The van der Waals surface area contributed by atoms with E-state index in [9.17, 15) is 9.18 Å². The Labute approximate surface area is 125 Å². The maximum atomic E-state index is 13.9. The van der Waals surface area contributed by atoms with Crippen LogP contribution in [0.5, 0.6) is 0 Å². The molecule has 0 aliphatic rings. The van der Waals surface area contributed by atoms with Crippen LogP contribution in [0.4, 0.5) is 9.18 Å². The first-order valence-electron chi connectivity index (χ1n) is 5.68. The predicted molar refractivity (Wildman–Crippen MR) is 76.8 cm³/mol. The third kappa shape index (κ3) is 4.66. The molecule has 0 radical (unpaired) electrons. The van der Waals surface area contributed by atoms with E-state index >= 15 is 0 Å². The van der Waals surface area contributed by atoms with E-state index in [2.05, 4.69) is 15.9 Å². The molecule has 0 atom stereocenters. The number of hydrogen-bond acceptors (Lipinski definition) is 2. The molecule has 0 unspecified atom stereocenters. The van der Waals surface area contributed by atoms with E-state index in [4.69, 9.17) is 16.3 Å². The van der Waals surface area contributed by atoms with Gasteiger partial charge in [-0.2, -0.15) is 0 Å². The number of ether oxygens (including phenoxy) is 1. The van der Waals surface area contributed by atoms with Crippen molar-refractivity contribution in [3.05, 3.63) is 33.0 Å². The molecule has 0 fully saturated rings. The highest BCUT2D eigenvalue weighted by Crippen LogP contribution is 2.28. The van der Waals surface area contributed by atoms with Crippen LogP contribution in [-0.2, 0) is 11.3 Å². The Morgan fingerprint density at radius 2 is 2.05 bits per heavy atom. The minimum absolute atomic E-state index is 0.00934. The fourth-order valence-electron chi connectivity index (χ4n) is 1.35. The zero-order valence-electron chi connectivity index (χ0n) is 11.3. The lowest BCUT2D eigenvalue weighted by molar-refractivity contribution is 0.0284. The van der Waals surface area contributed by atoms with Gasteiger partial charge < -0.3 is 9.64 Å². The van der Waals surface area contributed by atoms with Crippen molar-refractivity contribution in [2.24, 2.45) is 0 Å². The average Bonchev–Trinajstić information content (AvgIpc) is 2.27. The number of amides is 1. The van der Waals surface area contributed by atoms with Crippen LogP contribution in [-0.4, -0.2) is 23.6 Å². The summed E-state index contributed by atoms with van der Waals surface area (Å²) in [6.45, 7) is 5.41. The zero-order valence-corrected chi connectivity index (χ0v) is 13.6. The Morgan fingerprint density at radius 3 is 2.58 bits per heavy atom. The molecule has 0 saturated heterocycles. The van der Waals surface area contributed by atoms with Crippen LogP contribution in [0, 0.1) is 5.82 Å². The SMILES string of the molecule is CN(Cc1ccc(Br)c(Cl)c1F)C(=O)OC(C)(C)C. The van der Waals surface area contributed by atoms with Crippen LogP contribution in [0.1, 0.15) is 26.3 Å². The molecule has 1 rings (SSSR count). The number of hydrogen-bond donors (Lipinski definition) is 0. The van der Waals surface area contributed by atoms with Gasteiger partial charge in [0.2, 0.25) is 0 Å². The summed E-state index contributed by atoms with van der Waals surface area (Å²) in [5, 5.41) is 0.00934. The molecule has 0 spiro atoms. The lowest BCUT2D eigenvalue weighted by Crippen LogP contribution is -2.34. The van der Waals surface area contributed by atoms with E-state index in [0.29, 0.717) is 10.0 Å². The Hall–Kier alpha value is -0.810. The third-order valence-corrected chi connectivity index (χ3v) is 3.49. The van der Waals surface area contributed by atoms with Crippen LogP contribution >= 0.6 is 27.5 Å². The number of carbonyl (C=O) groups excluding carboxylic acids is 1. The van der Waals surface area contributed by atoms with Crippen molar-refractivity contribution in [3.8, 4) is 0 Å². The Bertz CT molecular complexity index is 488. The Balaban J connectivity index is 2.80. The molecule has 0 bridgehead atoms. The van der Waals surface area contributed by atoms with Gasteiger partial charge in [-0.1, -0.05) is 17.7 Å². The first-order chi connectivity index (χ1) is 8.61. The summed E-state index contributed by atoms with van der Waals surface area (Å²) in [6, 6.07) is 3.22. The molecule has 1 amide bonds. The number of halogens is 3. The summed E-state index contributed by atoms with van der Waals surface area (Å²) in [6.07, 6.45) is -0.508. The first-order valence-corrected chi connectivity index (χ1v) is 6.85. The van der Waals surface area contributed by atoms with E-state index < -0.39 is 17.5 Å². The lowest BCUT2D eigenvalue weighted by atomic mass is 10.2. The quantitative estimate of drug-likeness (QED) is 0.728. The highest BCUT2D eigenvalue weighted by atomic mass is 79.9. The van der Waals surface area contributed by atoms with Crippen LogP contribution in [0.3, 0.4) is 0 Å². The van der Waals surface area contributed by atoms with Gasteiger partial charge in [0, 0.05) is 17.1 Å². The van der Waals surface area contributed by atoms with Crippen molar-refractivity contribution in [2.75, 3.05) is 7.05 Å². The Morgan fingerprint density at radius 1 is 1.47 bits per heavy atom. The maximum Gasteiger partial charge on any atom is 0.410 e. The molecule has 6 heteroatoms. The molecule has 0 N–H and O–H groups in total. The molecule has 19 heavy (non-hydrogen) atoms. The van der Waals surface area contributed by atoms with E-state index in [1.54, 1.807) is 40.0 Å². The van der Waals surface area contributed by atoms with E-state index in [0.717, 1.165) is 0 Å². The topological polar surface area (TPSA) is 29.5 Å². The smallest absolute Gasteiger partial charge is 0.410 e. The van der Waals surface area contributed by atoms with Gasteiger partial charge in [0.05, 0.1) is 11.6 Å². The van der Waals surface area contributed by atoms with E-state index in [-0.39, 0.29) is 11.6 Å². The summed E-state index contributed by atoms with van der Waals surface area (Å²) >= 11 is 8.93. The van der Waals surface area contributed by atoms with Gasteiger partial charge in [-0.05, 0) is 42.8 Å². The molecule has 0 heterocycles. The molecule has 0 saturated carbocycles. The van der Waals surface area contributed by atoms with E-state index in [1.807, 2.05) is 0 Å². The molecule has 1 aromatic rings. The predicted octanol–water partition coefficient (Wildman–Crippen LogP) is 4.61. The highest BCUT2D eigenvalue weighted by molar-refractivity contribution is 9.10. The number of carbonyl (C=O) groups is 1. The molecule has 3 nitrogen and oxygen atoms in total. The van der Waals surface area contributed by atoms with Crippen molar-refractivity contribution in [1.82, 2.24) is 4.90 Å². The second-order valence-electron chi connectivity index (χ2n) is 5.17. The summed E-state index contributed by atoms with van der Waals surface area (Å²) in [5.74, 6) is -0.536. The van der Waals surface area contributed by atoms with Crippen molar-refractivity contribution >= 4 is 33.6 Å². The lowest BCUT2D eigenvalue weighted by Gasteiger charge is -2.24. The summed E-state index contributed by atoms with van der Waals surface area (Å²) < 4.78 is 19.6. The monoisotopic (exact) mass is 351 g/mol. The van der Waals surface area contributed by atoms with Gasteiger partial charge in [-0.25, -0.2) is 9.18 Å². The summed E-state index contributed by atoms with van der Waals surface area (Å²) in [7, 11) is 1.55. The Kier molecular flexibility index (Phi) is 5.21. The van der Waals surface area contributed by atoms with E-state index in [1.165, 1.54) is 4.90 Å². The van der Waals surface area contributed by atoms with Gasteiger partial charge >= 0.3 is 6.09 Å². The minimum atomic E-state index is -0.582. The molecule has 0 aromatic heterocycles. The van der Waals surface area contributed by atoms with Crippen molar-refractivity contribution in [3.63, 3.8) is 0 Å². The molecule has 0 aliphatic carbocycles. The summed E-state index contributed by atoms with van der Waals surface area (Å²) in [4.78, 5) is 13.1. The third-order valence-electron chi connectivity index (χ3n) is 2.23. The van der Waals surface area contributed by atoms with Gasteiger partial charge in [-0.3, -0.25) is 0 Å². The molecule has 0 aliphatic heterocycles. The normalized spacial score (nSPS) is 11.3. The largest absolute Gasteiger partial charge is 0.444 e. The highest BCUT2D eigenvalue weighted by Gasteiger charge is 2.21. The van der Waals surface area contributed by atoms with Crippen LogP contribution < -0.4 is 0 Å². The standard InChI is InChI=1S/C13H16BrClFNO2/c1-13(2,3)19-12(18)17(4)7-8-5-6-9(14)10(15)11(8)16/h5-6H,7H2,1-4H3. The fourth-order valence-corrected chi connectivity index (χ4v) is 1.84. The number of nitrogens with zero attached hydrogens (tertiary/aromatic N) is 1. The minimum Gasteiger partial charge on any atom is -0.444 e. The number of rotatable bonds is 2. The van der Waals surface area contributed by atoms with Crippen molar-refractivity contribution < 1.29 is 13.9 Å². The van der Waals surface area contributed by atoms with Gasteiger partial charge in [0.1, 0.15) is 11.4 Å². The van der Waals surface area contributed by atoms with Crippen LogP contribution in [0.2, 0.25) is 5.02 Å². The molecule has 1 aromatic carbocycles. The molecular formula is C13H16BrClFNO2. The molecular weight excluding hydrogens is 337 g/mol. The average molecular weight is 353 g/mol. The number of benzene rings is 1. The summed E-state index contributed by atoms with van der Waals surface area (Å²) in [5.41, 5.74) is -0.247. The van der Waals surface area contributed by atoms with Gasteiger partial charge in [-0.15, -0.1) is 0 Å². The second kappa shape index (κ2) is 6.09. The molecule has 106 valence electrons. The van der Waals surface area contributed by atoms with Crippen molar-refractivity contribution in [1.29, 1.82) is 0 Å². The van der Waals surface area contributed by atoms with Crippen LogP contribution in [0.15, 0.2) is 16.6 Å². The van der Waals surface area contributed by atoms with Gasteiger partial charge in [0.15, 0.2) is 0 Å². The maximum absolute atomic E-state index is 13.9. The van der Waals surface area contributed by atoms with Gasteiger partial charge in [0.25, 0.3) is 0 Å². The fraction of sp³-hybridized carbons (Fsp3) is 0.462. The second-order valence-corrected chi connectivity index (χ2v) is 6.40. The van der Waals surface area contributed by atoms with Crippen LogP contribution in [0.25, 0.3) is 0 Å². The zero-order chi connectivity index (χ0) is 14.8. The first kappa shape index (κ1) is 16.2.